The number of methoxy groups -OCH3 is 2. The molecule has 0 amide bonds. The Kier molecular flexibility index (Phi) is 4.84. The number of carbonyl (C=O) groups excluding carboxylic acids is 2. The molecule has 0 aromatic carbocycles. The van der Waals surface area contributed by atoms with Crippen molar-refractivity contribution in [1.29, 1.82) is 0 Å². The van der Waals surface area contributed by atoms with Gasteiger partial charge in [-0.2, -0.15) is 0 Å². The van der Waals surface area contributed by atoms with Gasteiger partial charge in [0.1, 0.15) is 9.81 Å². The Balaban J connectivity index is 4.68. The Bertz CT molecular complexity index is 210. The van der Waals surface area contributed by atoms with Gasteiger partial charge in [0, 0.05) is 0 Å². The monoisotopic (exact) mass is 208 g/mol. The van der Waals surface area contributed by atoms with Crippen LogP contribution in [-0.4, -0.2) is 26.2 Å². The van der Waals surface area contributed by atoms with Crippen LogP contribution in [0.1, 0.15) is 0 Å². The van der Waals surface area contributed by atoms with E-state index < -0.39 is 11.9 Å². The number of hydrogen-bond acceptors (Lipinski definition) is 6. The van der Waals surface area contributed by atoms with Crippen LogP contribution < -0.4 is 0 Å². The van der Waals surface area contributed by atoms with Crippen LogP contribution in [0.3, 0.4) is 0 Å². The van der Waals surface area contributed by atoms with Gasteiger partial charge in [0.25, 0.3) is 0 Å². The molecule has 0 fully saturated rings. The molecule has 0 saturated heterocycles. The highest BCUT2D eigenvalue weighted by Crippen LogP contribution is 2.15. The Labute approximate surface area is 80.7 Å². The predicted molar refractivity (Wildman–Crippen MR) is 49.0 cm³/mol. The van der Waals surface area contributed by atoms with Crippen LogP contribution in [0.4, 0.5) is 0 Å². The molecular weight excluding hydrogens is 200 g/mol. The second kappa shape index (κ2) is 5.10. The van der Waals surface area contributed by atoms with Crippen molar-refractivity contribution in [3.05, 3.63) is 9.81 Å². The first-order chi connectivity index (χ1) is 5.54. The lowest BCUT2D eigenvalue weighted by atomic mass is 10.5. The third-order valence-electron chi connectivity index (χ3n) is 0.982. The van der Waals surface area contributed by atoms with Crippen LogP contribution >= 0.6 is 25.3 Å². The van der Waals surface area contributed by atoms with E-state index in [4.69, 9.17) is 0 Å². The number of rotatable bonds is 2. The maximum absolute atomic E-state index is 10.8. The molecule has 0 aliphatic carbocycles. The topological polar surface area (TPSA) is 52.6 Å². The van der Waals surface area contributed by atoms with E-state index in [1.807, 2.05) is 0 Å². The highest BCUT2D eigenvalue weighted by molar-refractivity contribution is 7.90. The summed E-state index contributed by atoms with van der Waals surface area (Å²) in [5.41, 5.74) is 0. The summed E-state index contributed by atoms with van der Waals surface area (Å²) in [5.74, 6) is -1.46. The first-order valence-corrected chi connectivity index (χ1v) is 3.72. The molecule has 0 unspecified atom stereocenters. The molecule has 6 heteroatoms. The van der Waals surface area contributed by atoms with Crippen molar-refractivity contribution in [2.24, 2.45) is 0 Å². The van der Waals surface area contributed by atoms with Crippen molar-refractivity contribution >= 4 is 37.2 Å². The second-order valence-electron chi connectivity index (χ2n) is 1.68. The zero-order valence-corrected chi connectivity index (χ0v) is 8.32. The lowest BCUT2D eigenvalue weighted by Crippen LogP contribution is -2.08. The fourth-order valence-corrected chi connectivity index (χ4v) is 0.752. The van der Waals surface area contributed by atoms with Crippen LogP contribution in [-0.2, 0) is 19.1 Å². The number of ether oxygens (including phenoxy) is 2. The van der Waals surface area contributed by atoms with Crippen molar-refractivity contribution < 1.29 is 19.1 Å². The quantitative estimate of drug-likeness (QED) is 0.392. The van der Waals surface area contributed by atoms with Gasteiger partial charge in [-0.1, -0.05) is 0 Å². The Morgan fingerprint density at radius 2 is 1.17 bits per heavy atom. The van der Waals surface area contributed by atoms with E-state index in [9.17, 15) is 9.59 Å². The van der Waals surface area contributed by atoms with Crippen molar-refractivity contribution in [1.82, 2.24) is 0 Å². The van der Waals surface area contributed by atoms with Crippen LogP contribution in [0.5, 0.6) is 0 Å². The molecule has 0 aliphatic rings. The standard InChI is InChI=1S/C6H8O4S2/c1-9-5(7)3(11)4(12)6(8)10-2/h11-12H,1-2H3/b4-3-. The summed E-state index contributed by atoms with van der Waals surface area (Å²) in [7, 11) is 2.35. The molecule has 4 nitrogen and oxygen atoms in total. The second-order valence-corrected chi connectivity index (χ2v) is 2.57. The number of esters is 2. The van der Waals surface area contributed by atoms with Crippen LogP contribution in [0.2, 0.25) is 0 Å². The van der Waals surface area contributed by atoms with E-state index in [1.165, 1.54) is 14.2 Å². The molecule has 0 atom stereocenters. The van der Waals surface area contributed by atoms with E-state index in [0.29, 0.717) is 0 Å². The summed E-state index contributed by atoms with van der Waals surface area (Å²) in [6, 6.07) is 0. The largest absolute Gasteiger partial charge is 0.465 e. The van der Waals surface area contributed by atoms with E-state index in [2.05, 4.69) is 34.7 Å². The van der Waals surface area contributed by atoms with E-state index in [-0.39, 0.29) is 9.81 Å². The molecule has 0 aliphatic heterocycles. The van der Waals surface area contributed by atoms with Gasteiger partial charge in [-0.05, 0) is 0 Å². The summed E-state index contributed by atoms with van der Waals surface area (Å²) >= 11 is 7.44. The molecule has 0 aromatic heterocycles. The lowest BCUT2D eigenvalue weighted by molar-refractivity contribution is -0.138. The van der Waals surface area contributed by atoms with Crippen LogP contribution in [0, 0.1) is 0 Å². The number of carbonyl (C=O) groups is 2. The molecule has 0 rings (SSSR count). The molecule has 0 heterocycles. The molecule has 0 N–H and O–H groups in total. The molecule has 0 spiro atoms. The summed E-state index contributed by atoms with van der Waals surface area (Å²) in [4.78, 5) is 21.2. The Morgan fingerprint density at radius 1 is 0.917 bits per heavy atom. The maximum Gasteiger partial charge on any atom is 0.345 e. The van der Waals surface area contributed by atoms with E-state index in [0.717, 1.165) is 0 Å². The zero-order chi connectivity index (χ0) is 9.72. The van der Waals surface area contributed by atoms with Crippen LogP contribution in [0.25, 0.3) is 0 Å². The van der Waals surface area contributed by atoms with Crippen molar-refractivity contribution in [3.8, 4) is 0 Å². The predicted octanol–water partition coefficient (Wildman–Crippen LogP) is 0.404. The fourth-order valence-electron chi connectivity index (χ4n) is 0.387. The molecule has 0 aromatic rings. The minimum absolute atomic E-state index is 0.173. The van der Waals surface area contributed by atoms with Gasteiger partial charge in [0.15, 0.2) is 0 Å². The van der Waals surface area contributed by atoms with Gasteiger partial charge in [-0.25, -0.2) is 9.59 Å². The van der Waals surface area contributed by atoms with E-state index >= 15 is 0 Å². The highest BCUT2D eigenvalue weighted by atomic mass is 32.1. The summed E-state index contributed by atoms with van der Waals surface area (Å²) in [6.07, 6.45) is 0. The normalized spacial score (nSPS) is 11.7. The molecule has 68 valence electrons. The Morgan fingerprint density at radius 3 is 1.33 bits per heavy atom. The molecule has 0 saturated carbocycles. The molecule has 12 heavy (non-hydrogen) atoms. The first-order valence-electron chi connectivity index (χ1n) is 2.83. The van der Waals surface area contributed by atoms with Gasteiger partial charge in [0.2, 0.25) is 0 Å². The molecule has 0 radical (unpaired) electrons. The minimum Gasteiger partial charge on any atom is -0.465 e. The van der Waals surface area contributed by atoms with Crippen LogP contribution in [0.15, 0.2) is 9.81 Å². The number of hydrogen-bond donors (Lipinski definition) is 2. The van der Waals surface area contributed by atoms with Gasteiger partial charge in [-0.15, -0.1) is 25.3 Å². The number of thiol groups is 2. The van der Waals surface area contributed by atoms with Gasteiger partial charge in [-0.3, -0.25) is 0 Å². The first kappa shape index (κ1) is 11.4. The average Bonchev–Trinajstić information content (AvgIpc) is 2.12. The summed E-state index contributed by atoms with van der Waals surface area (Å²) < 4.78 is 8.60. The SMILES string of the molecule is COC(=O)/C(S)=C(/S)C(=O)OC. The third-order valence-corrected chi connectivity index (χ3v) is 1.97. The third kappa shape index (κ3) is 2.78. The van der Waals surface area contributed by atoms with Gasteiger partial charge >= 0.3 is 11.9 Å². The lowest BCUT2D eigenvalue weighted by Gasteiger charge is -2.01. The molecule has 0 bridgehead atoms. The van der Waals surface area contributed by atoms with E-state index in [1.54, 1.807) is 0 Å². The fraction of sp³-hybridized carbons (Fsp3) is 0.333. The smallest absolute Gasteiger partial charge is 0.345 e. The average molecular weight is 208 g/mol. The molecular formula is C6H8O4S2. The maximum atomic E-state index is 10.8. The van der Waals surface area contributed by atoms with Crippen molar-refractivity contribution in [2.45, 2.75) is 0 Å². The van der Waals surface area contributed by atoms with Crippen molar-refractivity contribution in [3.63, 3.8) is 0 Å². The summed E-state index contributed by atoms with van der Waals surface area (Å²) in [6.45, 7) is 0. The highest BCUT2D eigenvalue weighted by Gasteiger charge is 2.15. The van der Waals surface area contributed by atoms with Crippen molar-refractivity contribution in [2.75, 3.05) is 14.2 Å². The Hall–Kier alpha value is -0.620. The zero-order valence-electron chi connectivity index (χ0n) is 6.53. The minimum atomic E-state index is -0.728. The van der Waals surface area contributed by atoms with Gasteiger partial charge < -0.3 is 9.47 Å². The van der Waals surface area contributed by atoms with Gasteiger partial charge in [0.05, 0.1) is 14.2 Å². The summed E-state index contributed by atoms with van der Waals surface area (Å²) in [5, 5.41) is 0.